The largest absolute Gasteiger partial charge is 0.300 e. The Hall–Kier alpha value is -1.96. The molecule has 20 heavy (non-hydrogen) atoms. The van der Waals surface area contributed by atoms with Crippen LogP contribution in [0.15, 0.2) is 48.6 Å². The van der Waals surface area contributed by atoms with E-state index in [1.807, 2.05) is 13.0 Å². The molecule has 0 aliphatic carbocycles. The zero-order chi connectivity index (χ0) is 15.4. The second-order valence-corrected chi connectivity index (χ2v) is 5.29. The van der Waals surface area contributed by atoms with E-state index in [1.165, 1.54) is 6.07 Å². The first-order valence-corrected chi connectivity index (χ1v) is 6.67. The summed E-state index contributed by atoms with van der Waals surface area (Å²) in [6.07, 6.45) is 1.59. The minimum absolute atomic E-state index is 0.277. The molecule has 0 spiro atoms. The van der Waals surface area contributed by atoms with E-state index in [9.17, 15) is 4.39 Å². The highest BCUT2D eigenvalue weighted by molar-refractivity contribution is 6.15. The maximum atomic E-state index is 14.1. The Labute approximate surface area is 121 Å². The maximum Gasteiger partial charge on any atom is 0.130 e. The van der Waals surface area contributed by atoms with Gasteiger partial charge < -0.3 is 5.41 Å². The summed E-state index contributed by atoms with van der Waals surface area (Å²) in [6, 6.07) is 5.14. The summed E-state index contributed by atoms with van der Waals surface area (Å²) < 4.78 is 14.1. The minimum atomic E-state index is -0.277. The smallest absolute Gasteiger partial charge is 0.130 e. The first-order chi connectivity index (χ1) is 9.29. The molecular weight excluding hydrogens is 249 g/mol. The van der Waals surface area contributed by atoms with E-state index in [2.05, 4.69) is 27.0 Å². The van der Waals surface area contributed by atoms with Gasteiger partial charge in [0.15, 0.2) is 0 Å². The summed E-state index contributed by atoms with van der Waals surface area (Å²) in [6.45, 7) is 15.2. The van der Waals surface area contributed by atoms with E-state index in [-0.39, 0.29) is 5.82 Å². The molecule has 0 amide bonds. The number of hydrogen-bond donors (Lipinski definition) is 1. The van der Waals surface area contributed by atoms with Crippen molar-refractivity contribution in [1.82, 2.24) is 0 Å². The van der Waals surface area contributed by atoms with Crippen molar-refractivity contribution in [2.45, 2.75) is 33.6 Å². The van der Waals surface area contributed by atoms with E-state index in [1.54, 1.807) is 19.1 Å². The third-order valence-corrected chi connectivity index (χ3v) is 3.37. The average molecular weight is 271 g/mol. The fourth-order valence-corrected chi connectivity index (χ4v) is 2.01. The van der Waals surface area contributed by atoms with Crippen LogP contribution in [0.2, 0.25) is 0 Å². The van der Waals surface area contributed by atoms with E-state index in [0.717, 1.165) is 5.56 Å². The van der Waals surface area contributed by atoms with Crippen LogP contribution in [0.4, 0.5) is 4.39 Å². The minimum Gasteiger partial charge on any atom is -0.300 e. The van der Waals surface area contributed by atoms with E-state index in [4.69, 9.17) is 5.41 Å². The zero-order valence-corrected chi connectivity index (χ0v) is 12.7. The van der Waals surface area contributed by atoms with Crippen LogP contribution in [0.5, 0.6) is 0 Å². The third-order valence-electron chi connectivity index (χ3n) is 3.37. The van der Waals surface area contributed by atoms with Crippen molar-refractivity contribution in [2.75, 3.05) is 0 Å². The lowest BCUT2D eigenvalue weighted by Crippen LogP contribution is -2.04. The van der Waals surface area contributed by atoms with Crippen LogP contribution in [0.1, 0.15) is 44.7 Å². The molecule has 1 nitrogen and oxygen atoms in total. The summed E-state index contributed by atoms with van der Waals surface area (Å²) in [5.41, 5.74) is 3.87. The topological polar surface area (TPSA) is 23.9 Å². The standard InChI is InChI=1S/C18H22FN/c1-7-15(18(20)12(4)5)13(6)16-10-14(11(2)3)8-9-17(16)19/h7-11,20H,1,4H2,2-3,5-6H3/b15-13+,20-18?. The summed E-state index contributed by atoms with van der Waals surface area (Å²) in [5.74, 6) is 0.0516. The molecule has 1 rings (SSSR count). The molecule has 0 atom stereocenters. The molecule has 0 fully saturated rings. The molecule has 1 N–H and O–H groups in total. The molecule has 0 aromatic heterocycles. The van der Waals surface area contributed by atoms with Crippen molar-refractivity contribution < 1.29 is 4.39 Å². The Morgan fingerprint density at radius 3 is 2.35 bits per heavy atom. The third kappa shape index (κ3) is 3.32. The molecule has 2 heteroatoms. The second kappa shape index (κ2) is 6.47. The van der Waals surface area contributed by atoms with Crippen LogP contribution < -0.4 is 0 Å². The lowest BCUT2D eigenvalue weighted by atomic mass is 9.92. The predicted octanol–water partition coefficient (Wildman–Crippen LogP) is 5.50. The Bertz CT molecular complexity index is 591. The van der Waals surface area contributed by atoms with Gasteiger partial charge in [-0.2, -0.15) is 0 Å². The van der Waals surface area contributed by atoms with Crippen LogP contribution in [-0.4, -0.2) is 5.71 Å². The molecule has 0 heterocycles. The molecule has 0 bridgehead atoms. The summed E-state index contributed by atoms with van der Waals surface area (Å²) in [4.78, 5) is 0. The molecule has 1 aromatic carbocycles. The Kier molecular flexibility index (Phi) is 5.20. The van der Waals surface area contributed by atoms with Crippen LogP contribution in [-0.2, 0) is 0 Å². The molecule has 1 aromatic rings. The number of hydrogen-bond acceptors (Lipinski definition) is 1. The van der Waals surface area contributed by atoms with Gasteiger partial charge >= 0.3 is 0 Å². The summed E-state index contributed by atoms with van der Waals surface area (Å²) in [7, 11) is 0. The lowest BCUT2D eigenvalue weighted by Gasteiger charge is -2.14. The molecule has 0 saturated carbocycles. The Morgan fingerprint density at radius 2 is 1.90 bits per heavy atom. The van der Waals surface area contributed by atoms with Crippen molar-refractivity contribution in [3.8, 4) is 0 Å². The van der Waals surface area contributed by atoms with Gasteiger partial charge in [-0.1, -0.05) is 39.1 Å². The van der Waals surface area contributed by atoms with Gasteiger partial charge in [-0.15, -0.1) is 0 Å². The molecule has 0 unspecified atom stereocenters. The van der Waals surface area contributed by atoms with Crippen LogP contribution in [0, 0.1) is 11.2 Å². The predicted molar refractivity (Wildman–Crippen MR) is 85.8 cm³/mol. The molecule has 0 aliphatic rings. The molecule has 106 valence electrons. The van der Waals surface area contributed by atoms with Crippen molar-refractivity contribution in [3.63, 3.8) is 0 Å². The number of halogens is 1. The van der Waals surface area contributed by atoms with Gasteiger partial charge in [0.25, 0.3) is 0 Å². The quantitative estimate of drug-likeness (QED) is 0.539. The molecule has 0 aliphatic heterocycles. The fraction of sp³-hybridized carbons (Fsp3) is 0.278. The fourth-order valence-electron chi connectivity index (χ4n) is 2.01. The van der Waals surface area contributed by atoms with Crippen LogP contribution >= 0.6 is 0 Å². The molecule has 0 radical (unpaired) electrons. The summed E-state index contributed by atoms with van der Waals surface area (Å²) >= 11 is 0. The zero-order valence-electron chi connectivity index (χ0n) is 12.7. The highest BCUT2D eigenvalue weighted by Crippen LogP contribution is 2.27. The van der Waals surface area contributed by atoms with E-state index >= 15 is 0 Å². The normalized spacial score (nSPS) is 12.1. The maximum absolute atomic E-state index is 14.1. The summed E-state index contributed by atoms with van der Waals surface area (Å²) in [5, 5.41) is 8.04. The number of nitrogens with one attached hydrogen (secondary N) is 1. The van der Waals surface area contributed by atoms with Gasteiger partial charge in [-0.3, -0.25) is 0 Å². The molecule has 0 saturated heterocycles. The van der Waals surface area contributed by atoms with E-state index < -0.39 is 0 Å². The van der Waals surface area contributed by atoms with Gasteiger partial charge in [0.2, 0.25) is 0 Å². The van der Waals surface area contributed by atoms with Crippen molar-refractivity contribution in [1.29, 1.82) is 5.41 Å². The average Bonchev–Trinajstić information content (AvgIpc) is 2.39. The number of rotatable bonds is 5. The SMILES string of the molecule is C=C/C(C(=N)C(=C)C)=C(/C)c1cc(C(C)C)ccc1F. The number of benzene rings is 1. The van der Waals surface area contributed by atoms with Gasteiger partial charge in [0.1, 0.15) is 5.82 Å². The van der Waals surface area contributed by atoms with Gasteiger partial charge in [0.05, 0.1) is 5.71 Å². The Morgan fingerprint density at radius 1 is 1.30 bits per heavy atom. The van der Waals surface area contributed by atoms with Crippen molar-refractivity contribution >= 4 is 11.3 Å². The Balaban J connectivity index is 3.48. The van der Waals surface area contributed by atoms with Crippen molar-refractivity contribution in [3.05, 3.63) is 65.5 Å². The monoisotopic (exact) mass is 271 g/mol. The van der Waals surface area contributed by atoms with Gasteiger partial charge in [-0.05, 0) is 48.6 Å². The first kappa shape index (κ1) is 16.1. The lowest BCUT2D eigenvalue weighted by molar-refractivity contribution is 0.622. The highest BCUT2D eigenvalue weighted by atomic mass is 19.1. The van der Waals surface area contributed by atoms with Crippen LogP contribution in [0.25, 0.3) is 5.57 Å². The second-order valence-electron chi connectivity index (χ2n) is 5.29. The highest BCUT2D eigenvalue weighted by Gasteiger charge is 2.13. The van der Waals surface area contributed by atoms with E-state index in [0.29, 0.717) is 33.9 Å². The molecular formula is C18H22FN. The van der Waals surface area contributed by atoms with Gasteiger partial charge in [-0.25, -0.2) is 4.39 Å². The number of allylic oxidation sites excluding steroid dienone is 4. The van der Waals surface area contributed by atoms with Gasteiger partial charge in [0, 0.05) is 11.1 Å². The van der Waals surface area contributed by atoms with Crippen molar-refractivity contribution in [2.24, 2.45) is 0 Å². The van der Waals surface area contributed by atoms with Crippen LogP contribution in [0.3, 0.4) is 0 Å². The first-order valence-electron chi connectivity index (χ1n) is 6.67.